The maximum atomic E-state index is 13.3. The summed E-state index contributed by atoms with van der Waals surface area (Å²) in [7, 11) is 0. The first kappa shape index (κ1) is 21.3. The highest BCUT2D eigenvalue weighted by Crippen LogP contribution is 2.20. The lowest BCUT2D eigenvalue weighted by molar-refractivity contribution is 0.306. The number of ether oxygens (including phenoxy) is 1. The van der Waals surface area contributed by atoms with E-state index in [9.17, 15) is 4.79 Å². The van der Waals surface area contributed by atoms with Gasteiger partial charge in [-0.2, -0.15) is 9.78 Å². The molecule has 5 aromatic rings. The first-order valence-electron chi connectivity index (χ1n) is 11.1. The van der Waals surface area contributed by atoms with Crippen LogP contribution in [-0.2, 0) is 6.61 Å². The lowest BCUT2D eigenvalue weighted by Gasteiger charge is -2.11. The normalized spacial score (nSPS) is 11.2. The van der Waals surface area contributed by atoms with Crippen LogP contribution in [-0.4, -0.2) is 15.9 Å². The Morgan fingerprint density at radius 3 is 2.38 bits per heavy atom. The molecular weight excluding hydrogens is 422 g/mol. The minimum Gasteiger partial charge on any atom is -0.488 e. The topological polar surface area (TPSA) is 56.5 Å². The first-order chi connectivity index (χ1) is 16.7. The van der Waals surface area contributed by atoms with E-state index in [1.165, 1.54) is 10.2 Å². The predicted molar refractivity (Wildman–Crippen MR) is 136 cm³/mol. The van der Waals surface area contributed by atoms with E-state index >= 15 is 0 Å². The van der Waals surface area contributed by atoms with Gasteiger partial charge in [0, 0.05) is 11.1 Å². The van der Waals surface area contributed by atoms with Gasteiger partial charge in [0.1, 0.15) is 12.4 Å². The number of hydrogen-bond donors (Lipinski definition) is 0. The van der Waals surface area contributed by atoms with Crippen LogP contribution in [0.15, 0.2) is 113 Å². The van der Waals surface area contributed by atoms with Crippen molar-refractivity contribution in [2.24, 2.45) is 5.10 Å². The number of aromatic nitrogens is 2. The van der Waals surface area contributed by atoms with E-state index < -0.39 is 0 Å². The standard InChI is InChI=1S/C29H23N3O2/c1-21-15-17-22(18-16-21)20-34-27-14-8-5-11-24(27)19-30-32-28(23-9-3-2-4-10-23)31-26-13-7-6-12-25(26)29(32)33/h2-19H,20H2,1H3. The van der Waals surface area contributed by atoms with Gasteiger partial charge in [-0.15, -0.1) is 0 Å². The van der Waals surface area contributed by atoms with Crippen LogP contribution >= 0.6 is 0 Å². The fourth-order valence-corrected chi connectivity index (χ4v) is 3.69. The first-order valence-corrected chi connectivity index (χ1v) is 11.1. The minimum atomic E-state index is -0.223. The van der Waals surface area contributed by atoms with Crippen LogP contribution in [0.5, 0.6) is 5.75 Å². The molecule has 0 saturated carbocycles. The molecule has 34 heavy (non-hydrogen) atoms. The van der Waals surface area contributed by atoms with E-state index in [-0.39, 0.29) is 5.56 Å². The summed E-state index contributed by atoms with van der Waals surface area (Å²) < 4.78 is 7.43. The summed E-state index contributed by atoms with van der Waals surface area (Å²) in [5.41, 5.74) is 4.29. The molecule has 5 heteroatoms. The predicted octanol–water partition coefficient (Wildman–Crippen LogP) is 5.83. The lowest BCUT2D eigenvalue weighted by atomic mass is 10.1. The number of benzene rings is 4. The van der Waals surface area contributed by atoms with Crippen molar-refractivity contribution in [1.82, 2.24) is 9.66 Å². The maximum Gasteiger partial charge on any atom is 0.282 e. The molecule has 0 unspecified atom stereocenters. The molecule has 0 fully saturated rings. The molecular formula is C29H23N3O2. The molecule has 0 aliphatic heterocycles. The second-order valence-electron chi connectivity index (χ2n) is 7.99. The van der Waals surface area contributed by atoms with Gasteiger partial charge < -0.3 is 4.74 Å². The average molecular weight is 446 g/mol. The van der Waals surface area contributed by atoms with Crippen LogP contribution in [0.1, 0.15) is 16.7 Å². The third kappa shape index (κ3) is 4.50. The molecule has 4 aromatic carbocycles. The number of fused-ring (bicyclic) bond motifs is 1. The van der Waals surface area contributed by atoms with Crippen molar-refractivity contribution in [3.05, 3.63) is 130 Å². The summed E-state index contributed by atoms with van der Waals surface area (Å²) in [6.45, 7) is 2.50. The Labute approximate surface area is 197 Å². The van der Waals surface area contributed by atoms with Gasteiger partial charge in [0.05, 0.1) is 17.1 Å². The number of aryl methyl sites for hydroxylation is 1. The largest absolute Gasteiger partial charge is 0.488 e. The van der Waals surface area contributed by atoms with Crippen LogP contribution < -0.4 is 10.3 Å². The fraction of sp³-hybridized carbons (Fsp3) is 0.0690. The fourth-order valence-electron chi connectivity index (χ4n) is 3.69. The molecule has 0 N–H and O–H groups in total. The molecule has 5 rings (SSSR count). The van der Waals surface area contributed by atoms with Gasteiger partial charge in [-0.3, -0.25) is 4.79 Å². The van der Waals surface area contributed by atoms with E-state index in [1.807, 2.05) is 72.8 Å². The van der Waals surface area contributed by atoms with E-state index in [0.29, 0.717) is 29.1 Å². The summed E-state index contributed by atoms with van der Waals surface area (Å²) in [5.74, 6) is 1.17. The molecule has 0 spiro atoms. The van der Waals surface area contributed by atoms with Gasteiger partial charge in [0.15, 0.2) is 5.82 Å². The molecule has 0 aliphatic carbocycles. The Kier molecular flexibility index (Phi) is 5.99. The van der Waals surface area contributed by atoms with Gasteiger partial charge in [-0.1, -0.05) is 84.4 Å². The molecule has 0 amide bonds. The molecule has 166 valence electrons. The Hall–Kier alpha value is -4.51. The third-order valence-corrected chi connectivity index (χ3v) is 5.53. The summed E-state index contributed by atoms with van der Waals surface area (Å²) in [6.07, 6.45) is 1.65. The molecule has 5 nitrogen and oxygen atoms in total. The zero-order valence-corrected chi connectivity index (χ0v) is 18.8. The molecule has 0 radical (unpaired) electrons. The molecule has 1 heterocycles. The highest BCUT2D eigenvalue weighted by Gasteiger charge is 2.12. The average Bonchev–Trinajstić information content (AvgIpc) is 2.89. The number of nitrogens with zero attached hydrogens (tertiary/aromatic N) is 3. The zero-order valence-electron chi connectivity index (χ0n) is 18.8. The maximum absolute atomic E-state index is 13.3. The quantitative estimate of drug-likeness (QED) is 0.309. The Bertz CT molecular complexity index is 1520. The zero-order chi connectivity index (χ0) is 23.3. The van der Waals surface area contributed by atoms with Crippen molar-refractivity contribution in [3.8, 4) is 17.1 Å². The van der Waals surface area contributed by atoms with Crippen LogP contribution in [0.4, 0.5) is 0 Å². The molecule has 1 aromatic heterocycles. The summed E-state index contributed by atoms with van der Waals surface area (Å²) in [4.78, 5) is 18.1. The molecule has 0 bridgehead atoms. The number of rotatable bonds is 6. The smallest absolute Gasteiger partial charge is 0.282 e. The summed E-state index contributed by atoms with van der Waals surface area (Å²) in [5, 5.41) is 5.08. The lowest BCUT2D eigenvalue weighted by Crippen LogP contribution is -2.20. The van der Waals surface area contributed by atoms with E-state index in [1.54, 1.807) is 12.3 Å². The van der Waals surface area contributed by atoms with Crippen molar-refractivity contribution in [2.75, 3.05) is 0 Å². The summed E-state index contributed by atoms with van der Waals surface area (Å²) in [6, 6.07) is 32.8. The SMILES string of the molecule is Cc1ccc(COc2ccccc2C=Nn2c(-c3ccccc3)nc3ccccc3c2=O)cc1. The molecule has 0 saturated heterocycles. The number of hydrogen-bond acceptors (Lipinski definition) is 4. The Balaban J connectivity index is 1.53. The van der Waals surface area contributed by atoms with Crippen LogP contribution in [0.25, 0.3) is 22.3 Å². The second kappa shape index (κ2) is 9.55. The van der Waals surface area contributed by atoms with Gasteiger partial charge in [-0.25, -0.2) is 4.98 Å². The minimum absolute atomic E-state index is 0.223. The van der Waals surface area contributed by atoms with Gasteiger partial charge in [0.2, 0.25) is 0 Å². The monoisotopic (exact) mass is 445 g/mol. The van der Waals surface area contributed by atoms with Gasteiger partial charge >= 0.3 is 0 Å². The van der Waals surface area contributed by atoms with Crippen molar-refractivity contribution in [2.45, 2.75) is 13.5 Å². The van der Waals surface area contributed by atoms with Crippen LogP contribution in [0, 0.1) is 6.92 Å². The van der Waals surface area contributed by atoms with Crippen molar-refractivity contribution < 1.29 is 4.74 Å². The number of para-hydroxylation sites is 2. The second-order valence-corrected chi connectivity index (χ2v) is 7.99. The van der Waals surface area contributed by atoms with Crippen molar-refractivity contribution in [1.29, 1.82) is 0 Å². The van der Waals surface area contributed by atoms with E-state index in [4.69, 9.17) is 9.72 Å². The van der Waals surface area contributed by atoms with E-state index in [0.717, 1.165) is 16.7 Å². The highest BCUT2D eigenvalue weighted by molar-refractivity contribution is 5.84. The Morgan fingerprint density at radius 2 is 1.56 bits per heavy atom. The molecule has 0 aliphatic rings. The van der Waals surface area contributed by atoms with E-state index in [2.05, 4.69) is 36.3 Å². The third-order valence-electron chi connectivity index (χ3n) is 5.53. The van der Waals surface area contributed by atoms with Crippen molar-refractivity contribution in [3.63, 3.8) is 0 Å². The highest BCUT2D eigenvalue weighted by atomic mass is 16.5. The van der Waals surface area contributed by atoms with Crippen LogP contribution in [0.2, 0.25) is 0 Å². The summed E-state index contributed by atoms with van der Waals surface area (Å²) >= 11 is 0. The Morgan fingerprint density at radius 1 is 0.853 bits per heavy atom. The van der Waals surface area contributed by atoms with Crippen molar-refractivity contribution >= 4 is 17.1 Å². The van der Waals surface area contributed by atoms with Gasteiger partial charge in [0.25, 0.3) is 5.56 Å². The van der Waals surface area contributed by atoms with Crippen LogP contribution in [0.3, 0.4) is 0 Å². The van der Waals surface area contributed by atoms with Gasteiger partial charge in [-0.05, 0) is 36.8 Å². The molecule has 0 atom stereocenters.